The van der Waals surface area contributed by atoms with E-state index in [1.807, 2.05) is 6.08 Å². The number of esters is 1. The zero-order chi connectivity index (χ0) is 25.9. The van der Waals surface area contributed by atoms with E-state index in [-0.39, 0.29) is 50.4 Å². The lowest BCUT2D eigenvalue weighted by atomic mass is 9.85. The predicted molar refractivity (Wildman–Crippen MR) is 128 cm³/mol. The molecule has 2 saturated heterocycles. The number of carbonyl (C=O) groups excluding carboxylic acids is 3. The van der Waals surface area contributed by atoms with E-state index in [4.69, 9.17) is 24.5 Å². The maximum absolute atomic E-state index is 12.5. The number of azide groups is 1. The predicted octanol–water partition coefficient (Wildman–Crippen LogP) is 1.38. The standard InChI is InChI=1S/C23H36N6O7/c1-3-34-22(31)17-13-19(26-27-24)21(25-16(2)30)20(14-17)29-6-4-5-18(15-29)35-11-12-36-23(32)28-7-9-33-10-8-28/h14,18-21H,3-13,15H2,1-2H3,(H,25,30)/t18-,19?,20+,21+/m0/s1. The van der Waals surface area contributed by atoms with E-state index in [9.17, 15) is 14.4 Å². The molecule has 0 aromatic heterocycles. The second kappa shape index (κ2) is 14.0. The molecule has 13 heteroatoms. The summed E-state index contributed by atoms with van der Waals surface area (Å²) in [5.74, 6) is -0.697. The van der Waals surface area contributed by atoms with Gasteiger partial charge in [-0.25, -0.2) is 9.59 Å². The molecule has 2 fully saturated rings. The van der Waals surface area contributed by atoms with Crippen LogP contribution in [0.1, 0.15) is 33.1 Å². The Kier molecular flexibility index (Phi) is 10.8. The molecule has 3 aliphatic rings. The molecular weight excluding hydrogens is 472 g/mol. The summed E-state index contributed by atoms with van der Waals surface area (Å²) < 4.78 is 21.7. The highest BCUT2D eigenvalue weighted by Gasteiger charge is 2.40. The number of nitrogens with one attached hydrogen (secondary N) is 1. The maximum Gasteiger partial charge on any atom is 0.409 e. The van der Waals surface area contributed by atoms with Crippen LogP contribution in [0.2, 0.25) is 0 Å². The van der Waals surface area contributed by atoms with Gasteiger partial charge >= 0.3 is 12.1 Å². The van der Waals surface area contributed by atoms with Crippen LogP contribution in [0.25, 0.3) is 10.4 Å². The van der Waals surface area contributed by atoms with E-state index in [1.165, 1.54) is 6.92 Å². The quantitative estimate of drug-likeness (QED) is 0.161. The lowest BCUT2D eigenvalue weighted by Crippen LogP contribution is -2.60. The Morgan fingerprint density at radius 1 is 1.22 bits per heavy atom. The first kappa shape index (κ1) is 27.7. The number of amides is 2. The van der Waals surface area contributed by atoms with Crippen molar-refractivity contribution >= 4 is 18.0 Å². The van der Waals surface area contributed by atoms with Gasteiger partial charge in [0.25, 0.3) is 0 Å². The van der Waals surface area contributed by atoms with Crippen LogP contribution in [0.5, 0.6) is 0 Å². The van der Waals surface area contributed by atoms with Crippen molar-refractivity contribution in [2.75, 3.05) is 59.2 Å². The highest BCUT2D eigenvalue weighted by Crippen LogP contribution is 2.29. The van der Waals surface area contributed by atoms with E-state index in [1.54, 1.807) is 11.8 Å². The summed E-state index contributed by atoms with van der Waals surface area (Å²) in [7, 11) is 0. The van der Waals surface area contributed by atoms with Crippen molar-refractivity contribution in [1.82, 2.24) is 15.1 Å². The summed E-state index contributed by atoms with van der Waals surface area (Å²) in [6.45, 7) is 7.13. The largest absolute Gasteiger partial charge is 0.463 e. The van der Waals surface area contributed by atoms with E-state index >= 15 is 0 Å². The Labute approximate surface area is 210 Å². The SMILES string of the molecule is CCOC(=O)C1=C[C@@H](N2CCC[C@H](OCCOC(=O)N3CCOCC3)C2)[C@H](NC(C)=O)C(N=[N+]=[N-])C1. The molecule has 1 N–H and O–H groups in total. The molecule has 0 bridgehead atoms. The second-order valence-electron chi connectivity index (χ2n) is 8.95. The van der Waals surface area contributed by atoms with Gasteiger partial charge in [0, 0.05) is 43.1 Å². The van der Waals surface area contributed by atoms with Crippen LogP contribution in [-0.2, 0) is 28.5 Å². The van der Waals surface area contributed by atoms with Crippen LogP contribution in [0.15, 0.2) is 16.8 Å². The topological polar surface area (TPSA) is 155 Å². The molecule has 0 aromatic rings. The normalized spacial score (nSPS) is 26.8. The molecule has 0 aromatic carbocycles. The van der Waals surface area contributed by atoms with E-state index < -0.39 is 18.1 Å². The fourth-order valence-electron chi connectivity index (χ4n) is 4.81. The van der Waals surface area contributed by atoms with Crippen LogP contribution in [0.4, 0.5) is 4.79 Å². The molecule has 2 heterocycles. The van der Waals surface area contributed by atoms with Gasteiger partial charge in [0.2, 0.25) is 5.91 Å². The van der Waals surface area contributed by atoms with Crippen molar-refractivity contribution in [1.29, 1.82) is 0 Å². The minimum absolute atomic E-state index is 0.113. The Balaban J connectivity index is 1.62. The molecule has 36 heavy (non-hydrogen) atoms. The first-order valence-corrected chi connectivity index (χ1v) is 12.5. The van der Waals surface area contributed by atoms with Crippen molar-refractivity contribution in [2.45, 2.75) is 57.3 Å². The third kappa shape index (κ3) is 7.82. The molecule has 4 atom stereocenters. The molecule has 0 saturated carbocycles. The first-order valence-electron chi connectivity index (χ1n) is 12.5. The molecular formula is C23H36N6O7. The van der Waals surface area contributed by atoms with E-state index in [0.29, 0.717) is 38.4 Å². The van der Waals surface area contributed by atoms with Crippen molar-refractivity contribution < 1.29 is 33.3 Å². The highest BCUT2D eigenvalue weighted by atomic mass is 16.6. The number of hydrogen-bond donors (Lipinski definition) is 1. The van der Waals surface area contributed by atoms with E-state index in [0.717, 1.165) is 19.4 Å². The molecule has 0 radical (unpaired) electrons. The van der Waals surface area contributed by atoms with Gasteiger partial charge in [-0.15, -0.1) is 0 Å². The zero-order valence-electron chi connectivity index (χ0n) is 21.0. The van der Waals surface area contributed by atoms with Crippen molar-refractivity contribution in [3.05, 3.63) is 22.1 Å². The Bertz CT molecular complexity index is 856. The average molecular weight is 509 g/mol. The number of nitrogens with zero attached hydrogens (tertiary/aromatic N) is 5. The molecule has 3 rings (SSSR count). The molecule has 200 valence electrons. The molecule has 1 aliphatic carbocycles. The highest BCUT2D eigenvalue weighted by molar-refractivity contribution is 5.89. The molecule has 2 amide bonds. The van der Waals surface area contributed by atoms with Gasteiger partial charge in [0.05, 0.1) is 44.6 Å². The zero-order valence-corrected chi connectivity index (χ0v) is 21.0. The third-order valence-corrected chi connectivity index (χ3v) is 6.45. The van der Waals surface area contributed by atoms with Crippen molar-refractivity contribution in [3.8, 4) is 0 Å². The lowest BCUT2D eigenvalue weighted by molar-refractivity contribution is -0.138. The number of morpholine rings is 1. The van der Waals surface area contributed by atoms with Gasteiger partial charge in [-0.1, -0.05) is 11.2 Å². The van der Waals surface area contributed by atoms with Crippen LogP contribution in [0.3, 0.4) is 0 Å². The van der Waals surface area contributed by atoms with Crippen LogP contribution < -0.4 is 5.32 Å². The lowest BCUT2D eigenvalue weighted by Gasteiger charge is -2.44. The van der Waals surface area contributed by atoms with Crippen molar-refractivity contribution in [3.63, 3.8) is 0 Å². The Hall–Kier alpha value is -2.86. The summed E-state index contributed by atoms with van der Waals surface area (Å²) in [6, 6.07) is -1.50. The number of likely N-dealkylation sites (tertiary alicyclic amines) is 1. The Morgan fingerprint density at radius 3 is 2.69 bits per heavy atom. The smallest absolute Gasteiger partial charge is 0.409 e. The number of piperidine rings is 1. The first-order chi connectivity index (χ1) is 17.4. The number of carbonyl (C=O) groups is 3. The van der Waals surface area contributed by atoms with Crippen LogP contribution in [0, 0.1) is 0 Å². The Morgan fingerprint density at radius 2 is 2.00 bits per heavy atom. The number of hydrogen-bond acceptors (Lipinski definition) is 9. The van der Waals surface area contributed by atoms with Gasteiger partial charge in [0.15, 0.2) is 0 Å². The fourth-order valence-corrected chi connectivity index (χ4v) is 4.81. The van der Waals surface area contributed by atoms with Gasteiger partial charge in [-0.05, 0) is 38.3 Å². The van der Waals surface area contributed by atoms with E-state index in [2.05, 4.69) is 20.2 Å². The van der Waals surface area contributed by atoms with Gasteiger partial charge in [-0.3, -0.25) is 9.69 Å². The van der Waals surface area contributed by atoms with Crippen LogP contribution in [-0.4, -0.2) is 111 Å². The molecule has 13 nitrogen and oxygen atoms in total. The summed E-state index contributed by atoms with van der Waals surface area (Å²) >= 11 is 0. The second-order valence-corrected chi connectivity index (χ2v) is 8.95. The summed E-state index contributed by atoms with van der Waals surface area (Å²) in [5.41, 5.74) is 9.54. The van der Waals surface area contributed by atoms with Crippen molar-refractivity contribution in [2.24, 2.45) is 5.11 Å². The number of ether oxygens (including phenoxy) is 4. The van der Waals surface area contributed by atoms with Gasteiger partial charge in [-0.2, -0.15) is 0 Å². The fraction of sp³-hybridized carbons (Fsp3) is 0.783. The third-order valence-electron chi connectivity index (χ3n) is 6.45. The molecule has 0 spiro atoms. The molecule has 2 aliphatic heterocycles. The average Bonchev–Trinajstić information content (AvgIpc) is 2.88. The molecule has 1 unspecified atom stereocenters. The monoisotopic (exact) mass is 508 g/mol. The summed E-state index contributed by atoms with van der Waals surface area (Å²) in [5, 5.41) is 6.80. The minimum atomic E-state index is -0.630. The maximum atomic E-state index is 12.5. The van der Waals surface area contributed by atoms with Crippen LogP contribution >= 0.6 is 0 Å². The van der Waals surface area contributed by atoms with Gasteiger partial charge in [0.1, 0.15) is 6.61 Å². The minimum Gasteiger partial charge on any atom is -0.463 e. The summed E-state index contributed by atoms with van der Waals surface area (Å²) in [4.78, 5) is 43.3. The van der Waals surface area contributed by atoms with Gasteiger partial charge < -0.3 is 29.2 Å². The number of rotatable bonds is 9. The summed E-state index contributed by atoms with van der Waals surface area (Å²) in [6.07, 6.45) is 3.20.